The van der Waals surface area contributed by atoms with Crippen molar-refractivity contribution < 1.29 is 4.42 Å². The number of rotatable bonds is 1. The lowest BCUT2D eigenvalue weighted by atomic mass is 10.2. The summed E-state index contributed by atoms with van der Waals surface area (Å²) in [5.41, 5.74) is 1.93. The SMILES string of the molecule is Cc1cc(-c2cc3ncnc(Cl)c3s2)co1. The molecule has 0 aliphatic rings. The van der Waals surface area contributed by atoms with Crippen molar-refractivity contribution in [3.63, 3.8) is 0 Å². The molecule has 0 atom stereocenters. The lowest BCUT2D eigenvalue weighted by molar-refractivity contribution is 0.535. The van der Waals surface area contributed by atoms with Crippen LogP contribution in [0.15, 0.2) is 29.1 Å². The predicted octanol–water partition coefficient (Wildman–Crippen LogP) is 3.91. The minimum Gasteiger partial charge on any atom is -0.469 e. The van der Waals surface area contributed by atoms with Crippen LogP contribution in [-0.2, 0) is 0 Å². The smallest absolute Gasteiger partial charge is 0.150 e. The summed E-state index contributed by atoms with van der Waals surface area (Å²) >= 11 is 7.57. The molecular formula is C11H7ClN2OS. The lowest BCUT2D eigenvalue weighted by Gasteiger charge is -1.88. The van der Waals surface area contributed by atoms with Crippen LogP contribution in [-0.4, -0.2) is 9.97 Å². The molecule has 0 unspecified atom stereocenters. The predicted molar refractivity (Wildman–Crippen MR) is 64.9 cm³/mol. The fraction of sp³-hybridized carbons (Fsp3) is 0.0909. The van der Waals surface area contributed by atoms with E-state index in [0.717, 1.165) is 26.4 Å². The Labute approximate surface area is 101 Å². The summed E-state index contributed by atoms with van der Waals surface area (Å²) in [6.07, 6.45) is 3.21. The van der Waals surface area contributed by atoms with Crippen LogP contribution in [0.2, 0.25) is 5.15 Å². The summed E-state index contributed by atoms with van der Waals surface area (Å²) in [7, 11) is 0. The third kappa shape index (κ3) is 1.50. The van der Waals surface area contributed by atoms with E-state index in [9.17, 15) is 0 Å². The van der Waals surface area contributed by atoms with Gasteiger partial charge in [0.2, 0.25) is 0 Å². The van der Waals surface area contributed by atoms with Gasteiger partial charge in [0.25, 0.3) is 0 Å². The highest BCUT2D eigenvalue weighted by Gasteiger charge is 2.10. The van der Waals surface area contributed by atoms with Crippen LogP contribution in [0.4, 0.5) is 0 Å². The van der Waals surface area contributed by atoms with Crippen LogP contribution >= 0.6 is 22.9 Å². The fourth-order valence-corrected chi connectivity index (χ4v) is 2.77. The van der Waals surface area contributed by atoms with Gasteiger partial charge in [-0.25, -0.2) is 9.97 Å². The summed E-state index contributed by atoms with van der Waals surface area (Å²) < 4.78 is 6.20. The Morgan fingerprint density at radius 3 is 2.88 bits per heavy atom. The second-order valence-electron chi connectivity index (χ2n) is 3.44. The first-order valence-electron chi connectivity index (χ1n) is 4.69. The van der Waals surface area contributed by atoms with Gasteiger partial charge in [-0.3, -0.25) is 0 Å². The van der Waals surface area contributed by atoms with Crippen molar-refractivity contribution in [1.29, 1.82) is 0 Å². The van der Waals surface area contributed by atoms with Gasteiger partial charge in [0.1, 0.15) is 17.2 Å². The Bertz CT molecular complexity index is 659. The number of hydrogen-bond donors (Lipinski definition) is 0. The molecule has 5 heteroatoms. The molecule has 0 bridgehead atoms. The minimum atomic E-state index is 0.501. The number of hydrogen-bond acceptors (Lipinski definition) is 4. The maximum atomic E-state index is 6.00. The standard InChI is InChI=1S/C11H7ClN2OS/c1-6-2-7(4-15-6)9-3-8-10(16-9)11(12)14-5-13-8/h2-5H,1H3. The quantitative estimate of drug-likeness (QED) is 0.615. The third-order valence-corrected chi connectivity index (χ3v) is 3.86. The summed E-state index contributed by atoms with van der Waals surface area (Å²) in [5.74, 6) is 0.893. The molecule has 3 nitrogen and oxygen atoms in total. The summed E-state index contributed by atoms with van der Waals surface area (Å²) in [6.45, 7) is 1.92. The molecule has 0 N–H and O–H groups in total. The van der Waals surface area contributed by atoms with Crippen molar-refractivity contribution >= 4 is 33.2 Å². The van der Waals surface area contributed by atoms with E-state index in [0.29, 0.717) is 5.15 Å². The average molecular weight is 251 g/mol. The molecule has 0 aliphatic carbocycles. The molecule has 0 saturated carbocycles. The highest BCUT2D eigenvalue weighted by molar-refractivity contribution is 7.22. The number of fused-ring (bicyclic) bond motifs is 1. The second kappa shape index (κ2) is 3.57. The molecule has 3 rings (SSSR count). The number of nitrogens with zero attached hydrogens (tertiary/aromatic N) is 2. The molecule has 0 fully saturated rings. The van der Waals surface area contributed by atoms with E-state index in [2.05, 4.69) is 9.97 Å². The number of thiophene rings is 1. The van der Waals surface area contributed by atoms with Gasteiger partial charge < -0.3 is 4.42 Å². The van der Waals surface area contributed by atoms with Crippen LogP contribution in [0, 0.1) is 6.92 Å². The fourth-order valence-electron chi connectivity index (χ4n) is 1.54. The molecule has 3 heterocycles. The van der Waals surface area contributed by atoms with Gasteiger partial charge in [-0.15, -0.1) is 11.3 Å². The largest absolute Gasteiger partial charge is 0.469 e. The van der Waals surface area contributed by atoms with E-state index in [1.165, 1.54) is 6.33 Å². The number of furan rings is 1. The Balaban J connectivity index is 2.22. The molecule has 16 heavy (non-hydrogen) atoms. The van der Waals surface area contributed by atoms with Gasteiger partial charge in [0.05, 0.1) is 16.5 Å². The molecule has 80 valence electrons. The molecular weight excluding hydrogens is 244 g/mol. The van der Waals surface area contributed by atoms with E-state index >= 15 is 0 Å². The van der Waals surface area contributed by atoms with E-state index in [1.54, 1.807) is 17.6 Å². The number of halogens is 1. The van der Waals surface area contributed by atoms with Crippen molar-refractivity contribution in [1.82, 2.24) is 9.97 Å². The highest BCUT2D eigenvalue weighted by Crippen LogP contribution is 2.35. The zero-order chi connectivity index (χ0) is 11.1. The number of aryl methyl sites for hydroxylation is 1. The van der Waals surface area contributed by atoms with Crippen LogP contribution in [0.1, 0.15) is 5.76 Å². The van der Waals surface area contributed by atoms with Crippen molar-refractivity contribution in [2.24, 2.45) is 0 Å². The molecule has 0 saturated heterocycles. The van der Waals surface area contributed by atoms with Gasteiger partial charge in [0.15, 0.2) is 0 Å². The van der Waals surface area contributed by atoms with Gasteiger partial charge in [-0.1, -0.05) is 11.6 Å². The summed E-state index contributed by atoms with van der Waals surface area (Å²) in [5, 5.41) is 0.501. The summed E-state index contributed by atoms with van der Waals surface area (Å²) in [4.78, 5) is 9.23. The topological polar surface area (TPSA) is 38.9 Å². The first-order chi connectivity index (χ1) is 7.74. The third-order valence-electron chi connectivity index (χ3n) is 2.28. The summed E-state index contributed by atoms with van der Waals surface area (Å²) in [6, 6.07) is 3.99. The van der Waals surface area contributed by atoms with E-state index in [1.807, 2.05) is 19.1 Å². The van der Waals surface area contributed by atoms with Crippen molar-refractivity contribution in [3.8, 4) is 10.4 Å². The first-order valence-corrected chi connectivity index (χ1v) is 5.89. The van der Waals surface area contributed by atoms with Crippen LogP contribution in [0.25, 0.3) is 20.7 Å². The van der Waals surface area contributed by atoms with Crippen molar-refractivity contribution in [2.45, 2.75) is 6.92 Å². The molecule has 0 radical (unpaired) electrons. The Kier molecular flexibility index (Phi) is 2.19. The van der Waals surface area contributed by atoms with Crippen molar-refractivity contribution in [2.75, 3.05) is 0 Å². The molecule has 3 aromatic heterocycles. The Morgan fingerprint density at radius 2 is 2.19 bits per heavy atom. The molecule has 0 amide bonds. The average Bonchev–Trinajstić information content (AvgIpc) is 2.84. The van der Waals surface area contributed by atoms with Gasteiger partial charge in [-0.05, 0) is 19.1 Å². The normalized spacial score (nSPS) is 11.1. The molecule has 0 aromatic carbocycles. The van der Waals surface area contributed by atoms with Crippen molar-refractivity contribution in [3.05, 3.63) is 35.6 Å². The molecule has 0 spiro atoms. The molecule has 0 aliphatic heterocycles. The first kappa shape index (κ1) is 9.81. The van der Waals surface area contributed by atoms with Crippen LogP contribution < -0.4 is 0 Å². The molecule has 3 aromatic rings. The zero-order valence-corrected chi connectivity index (χ0v) is 9.97. The van der Waals surface area contributed by atoms with Crippen LogP contribution in [0.5, 0.6) is 0 Å². The second-order valence-corrected chi connectivity index (χ2v) is 4.85. The van der Waals surface area contributed by atoms with Crippen LogP contribution in [0.3, 0.4) is 0 Å². The van der Waals surface area contributed by atoms with Gasteiger partial charge in [0, 0.05) is 10.4 Å². The number of aromatic nitrogens is 2. The van der Waals surface area contributed by atoms with Gasteiger partial charge >= 0.3 is 0 Å². The highest BCUT2D eigenvalue weighted by atomic mass is 35.5. The van der Waals surface area contributed by atoms with E-state index < -0.39 is 0 Å². The Hall–Kier alpha value is -1.39. The lowest BCUT2D eigenvalue weighted by Crippen LogP contribution is -1.76. The minimum absolute atomic E-state index is 0.501. The Morgan fingerprint density at radius 1 is 1.31 bits per heavy atom. The maximum Gasteiger partial charge on any atom is 0.150 e. The monoisotopic (exact) mass is 250 g/mol. The zero-order valence-electron chi connectivity index (χ0n) is 8.40. The maximum absolute atomic E-state index is 6.00. The van der Waals surface area contributed by atoms with Gasteiger partial charge in [-0.2, -0.15) is 0 Å². The van der Waals surface area contributed by atoms with E-state index in [4.69, 9.17) is 16.0 Å². The van der Waals surface area contributed by atoms with E-state index in [-0.39, 0.29) is 0 Å².